The Balaban J connectivity index is 0.00000242. The van der Waals surface area contributed by atoms with Gasteiger partial charge in [-0.25, -0.2) is 4.98 Å². The maximum absolute atomic E-state index is 12.5. The number of aromatic nitrogens is 1. The van der Waals surface area contributed by atoms with Crippen molar-refractivity contribution in [2.75, 3.05) is 13.1 Å². The number of thiazole rings is 1. The first-order valence-corrected chi connectivity index (χ1v) is 8.02. The lowest BCUT2D eigenvalue weighted by molar-refractivity contribution is 0.0747. The summed E-state index contributed by atoms with van der Waals surface area (Å²) < 4.78 is 0. The van der Waals surface area contributed by atoms with Gasteiger partial charge in [-0.1, -0.05) is 24.3 Å². The second-order valence-electron chi connectivity index (χ2n) is 4.91. The van der Waals surface area contributed by atoms with Gasteiger partial charge in [0.15, 0.2) is 0 Å². The molecule has 0 unspecified atom stereocenters. The van der Waals surface area contributed by atoms with Crippen molar-refractivity contribution in [1.29, 1.82) is 0 Å². The van der Waals surface area contributed by atoms with Crippen molar-refractivity contribution in [2.24, 2.45) is 5.73 Å². The highest BCUT2D eigenvalue weighted by atomic mass is 35.5. The van der Waals surface area contributed by atoms with Gasteiger partial charge in [-0.15, -0.1) is 23.7 Å². The van der Waals surface area contributed by atoms with E-state index >= 15 is 0 Å². The molecule has 4 nitrogen and oxygen atoms in total. The van der Waals surface area contributed by atoms with E-state index in [-0.39, 0.29) is 18.3 Å². The van der Waals surface area contributed by atoms with E-state index in [0.717, 1.165) is 11.4 Å². The highest BCUT2D eigenvalue weighted by Crippen LogP contribution is 2.15. The molecule has 0 saturated carbocycles. The average molecular weight is 340 g/mol. The molecule has 0 atom stereocenters. The van der Waals surface area contributed by atoms with Crippen LogP contribution in [-0.4, -0.2) is 28.9 Å². The van der Waals surface area contributed by atoms with E-state index in [0.29, 0.717) is 25.3 Å². The van der Waals surface area contributed by atoms with Crippen molar-refractivity contribution in [2.45, 2.75) is 26.8 Å². The summed E-state index contributed by atoms with van der Waals surface area (Å²) in [7, 11) is 0. The zero-order chi connectivity index (χ0) is 15.2. The molecule has 1 aromatic carbocycles. The van der Waals surface area contributed by atoms with Gasteiger partial charge >= 0.3 is 0 Å². The van der Waals surface area contributed by atoms with Crippen LogP contribution in [0, 0.1) is 6.92 Å². The maximum atomic E-state index is 12.5. The monoisotopic (exact) mass is 339 g/mol. The molecule has 1 heterocycles. The third-order valence-corrected chi connectivity index (χ3v) is 4.33. The zero-order valence-corrected chi connectivity index (χ0v) is 14.5. The first-order chi connectivity index (χ1) is 10.2. The lowest BCUT2D eigenvalue weighted by Crippen LogP contribution is -2.30. The van der Waals surface area contributed by atoms with Crippen LogP contribution in [0.1, 0.15) is 33.5 Å². The predicted molar refractivity (Wildman–Crippen MR) is 93.7 cm³/mol. The summed E-state index contributed by atoms with van der Waals surface area (Å²) in [5.74, 6) is -0.0136. The molecule has 0 radical (unpaired) electrons. The molecular formula is C16H22ClN3OS. The fraction of sp³-hybridized carbons (Fsp3) is 0.375. The Labute approximate surface area is 141 Å². The minimum absolute atomic E-state index is 0. The third-order valence-electron chi connectivity index (χ3n) is 3.42. The number of nitrogens with zero attached hydrogens (tertiary/aromatic N) is 2. The largest absolute Gasteiger partial charge is 0.333 e. The molecule has 0 aliphatic carbocycles. The van der Waals surface area contributed by atoms with Crippen LogP contribution in [0.25, 0.3) is 0 Å². The fourth-order valence-electron chi connectivity index (χ4n) is 2.13. The van der Waals surface area contributed by atoms with Gasteiger partial charge in [-0.3, -0.25) is 4.79 Å². The van der Waals surface area contributed by atoms with Gasteiger partial charge in [0.05, 0.1) is 5.01 Å². The SMILES string of the molecule is CCN(Cc1ccccc1C)C(=O)c1csc(CCN)n1.Cl. The van der Waals surface area contributed by atoms with Gasteiger partial charge in [0.25, 0.3) is 5.91 Å². The number of rotatable bonds is 6. The molecule has 2 aromatic rings. The summed E-state index contributed by atoms with van der Waals surface area (Å²) >= 11 is 1.50. The van der Waals surface area contributed by atoms with Crippen LogP contribution < -0.4 is 5.73 Å². The number of halogens is 1. The Hall–Kier alpha value is -1.43. The van der Waals surface area contributed by atoms with Crippen LogP contribution in [0.4, 0.5) is 0 Å². The molecule has 1 aromatic heterocycles. The average Bonchev–Trinajstić information content (AvgIpc) is 2.95. The first-order valence-electron chi connectivity index (χ1n) is 7.14. The van der Waals surface area contributed by atoms with Gasteiger partial charge < -0.3 is 10.6 Å². The van der Waals surface area contributed by atoms with E-state index in [2.05, 4.69) is 24.0 Å². The maximum Gasteiger partial charge on any atom is 0.273 e. The lowest BCUT2D eigenvalue weighted by atomic mass is 10.1. The van der Waals surface area contributed by atoms with Crippen molar-refractivity contribution in [1.82, 2.24) is 9.88 Å². The fourth-order valence-corrected chi connectivity index (χ4v) is 2.92. The van der Waals surface area contributed by atoms with Crippen LogP contribution in [0.2, 0.25) is 0 Å². The summed E-state index contributed by atoms with van der Waals surface area (Å²) in [5.41, 5.74) is 8.42. The van der Waals surface area contributed by atoms with E-state index in [1.165, 1.54) is 22.5 Å². The molecule has 0 fully saturated rings. The van der Waals surface area contributed by atoms with E-state index < -0.39 is 0 Å². The van der Waals surface area contributed by atoms with E-state index in [9.17, 15) is 4.79 Å². The summed E-state index contributed by atoms with van der Waals surface area (Å²) in [6.45, 7) is 5.89. The van der Waals surface area contributed by atoms with Gasteiger partial charge in [-0.05, 0) is 31.5 Å². The van der Waals surface area contributed by atoms with Gasteiger partial charge in [0, 0.05) is 24.9 Å². The second kappa shape index (κ2) is 8.88. The predicted octanol–water partition coefficient (Wildman–Crippen LogP) is 3.04. The Kier molecular flexibility index (Phi) is 7.51. The van der Waals surface area contributed by atoms with E-state index in [1.54, 1.807) is 0 Å². The molecule has 0 aliphatic heterocycles. The van der Waals surface area contributed by atoms with Crippen molar-refractivity contribution in [3.8, 4) is 0 Å². The Morgan fingerprint density at radius 1 is 1.36 bits per heavy atom. The number of carbonyl (C=O) groups is 1. The second-order valence-corrected chi connectivity index (χ2v) is 5.85. The molecule has 0 saturated heterocycles. The number of benzene rings is 1. The molecule has 22 heavy (non-hydrogen) atoms. The number of hydrogen-bond donors (Lipinski definition) is 1. The smallest absolute Gasteiger partial charge is 0.273 e. The Bertz CT molecular complexity index is 615. The van der Waals surface area contributed by atoms with Crippen molar-refractivity contribution in [3.05, 3.63) is 51.5 Å². The number of amides is 1. The molecule has 0 spiro atoms. The topological polar surface area (TPSA) is 59.2 Å². The number of hydrogen-bond acceptors (Lipinski definition) is 4. The van der Waals surface area contributed by atoms with Crippen molar-refractivity contribution < 1.29 is 4.79 Å². The highest BCUT2D eigenvalue weighted by molar-refractivity contribution is 7.09. The molecule has 2 N–H and O–H groups in total. The minimum atomic E-state index is -0.0136. The van der Waals surface area contributed by atoms with Crippen LogP contribution in [0.5, 0.6) is 0 Å². The van der Waals surface area contributed by atoms with Crippen LogP contribution in [0.15, 0.2) is 29.6 Å². The molecular weight excluding hydrogens is 318 g/mol. The van der Waals surface area contributed by atoms with Crippen molar-refractivity contribution in [3.63, 3.8) is 0 Å². The molecule has 120 valence electrons. The molecule has 1 amide bonds. The van der Waals surface area contributed by atoms with Crippen LogP contribution >= 0.6 is 23.7 Å². The number of carbonyl (C=O) groups excluding carboxylic acids is 1. The molecule has 0 bridgehead atoms. The zero-order valence-electron chi connectivity index (χ0n) is 12.9. The highest BCUT2D eigenvalue weighted by Gasteiger charge is 2.18. The van der Waals surface area contributed by atoms with E-state index in [1.807, 2.05) is 29.3 Å². The van der Waals surface area contributed by atoms with Gasteiger partial charge in [0.1, 0.15) is 5.69 Å². The number of nitrogens with two attached hydrogens (primary N) is 1. The van der Waals surface area contributed by atoms with Gasteiger partial charge in [-0.2, -0.15) is 0 Å². The summed E-state index contributed by atoms with van der Waals surface area (Å²) in [6, 6.07) is 8.14. The standard InChI is InChI=1S/C16H21N3OS.ClH/c1-3-19(10-13-7-5-4-6-12(13)2)16(20)14-11-21-15(18-14)8-9-17;/h4-7,11H,3,8-10,17H2,1-2H3;1H. The van der Waals surface area contributed by atoms with Crippen molar-refractivity contribution >= 4 is 29.7 Å². The minimum Gasteiger partial charge on any atom is -0.333 e. The summed E-state index contributed by atoms with van der Waals surface area (Å²) in [4.78, 5) is 18.8. The molecule has 2 rings (SSSR count). The Morgan fingerprint density at radius 3 is 2.73 bits per heavy atom. The van der Waals surface area contributed by atoms with Crippen LogP contribution in [-0.2, 0) is 13.0 Å². The normalized spacial score (nSPS) is 10.1. The van der Waals surface area contributed by atoms with E-state index in [4.69, 9.17) is 5.73 Å². The van der Waals surface area contributed by atoms with Gasteiger partial charge in [0.2, 0.25) is 0 Å². The number of aryl methyl sites for hydroxylation is 1. The summed E-state index contributed by atoms with van der Waals surface area (Å²) in [5, 5.41) is 2.75. The molecule has 0 aliphatic rings. The van der Waals surface area contributed by atoms with Crippen LogP contribution in [0.3, 0.4) is 0 Å². The first kappa shape index (κ1) is 18.6. The Morgan fingerprint density at radius 2 is 2.09 bits per heavy atom. The summed E-state index contributed by atoms with van der Waals surface area (Å²) in [6.07, 6.45) is 0.724. The third kappa shape index (κ3) is 4.53. The lowest BCUT2D eigenvalue weighted by Gasteiger charge is -2.21. The molecule has 6 heteroatoms. The quantitative estimate of drug-likeness (QED) is 0.880.